The number of pyridine rings is 1. The molecule has 5 nitrogen and oxygen atoms in total. The highest BCUT2D eigenvalue weighted by Crippen LogP contribution is 2.32. The number of rotatable bonds is 8. The largest absolute Gasteiger partial charge is 0.481 e. The summed E-state index contributed by atoms with van der Waals surface area (Å²) in [4.78, 5) is 15.9. The van der Waals surface area contributed by atoms with Crippen LogP contribution in [0.25, 0.3) is 16.8 Å². The quantitative estimate of drug-likeness (QED) is 0.518. The van der Waals surface area contributed by atoms with Crippen LogP contribution in [0.2, 0.25) is 5.15 Å². The molecule has 0 aromatic carbocycles. The molecule has 1 N–H and O–H groups in total. The average molecular weight is 400 g/mol. The summed E-state index contributed by atoms with van der Waals surface area (Å²) in [7, 11) is 0. The number of aryl methyl sites for hydroxylation is 2. The van der Waals surface area contributed by atoms with Gasteiger partial charge in [0.25, 0.3) is 0 Å². The molecule has 0 radical (unpaired) electrons. The van der Waals surface area contributed by atoms with Crippen LogP contribution in [-0.2, 0) is 17.6 Å². The van der Waals surface area contributed by atoms with Crippen LogP contribution >= 0.6 is 11.6 Å². The van der Waals surface area contributed by atoms with Crippen LogP contribution in [0.15, 0.2) is 30.3 Å². The zero-order valence-electron chi connectivity index (χ0n) is 16.6. The number of aliphatic carboxylic acids is 1. The molecule has 0 amide bonds. The molecule has 3 heterocycles. The lowest BCUT2D eigenvalue weighted by Gasteiger charge is -2.16. The second-order valence-corrected chi connectivity index (χ2v) is 7.48. The Kier molecular flexibility index (Phi) is 6.35. The highest BCUT2D eigenvalue weighted by atomic mass is 35.5. The van der Waals surface area contributed by atoms with Crippen LogP contribution in [-0.4, -0.2) is 25.7 Å². The summed E-state index contributed by atoms with van der Waals surface area (Å²) in [5.74, 6) is -1.02. The van der Waals surface area contributed by atoms with Gasteiger partial charge in [0.15, 0.2) is 0 Å². The Labute approximate surface area is 170 Å². The fraction of sp³-hybridized carbons (Fsp3) is 0.409. The number of nitrogens with zero attached hydrogens (tertiary/aromatic N) is 3. The van der Waals surface area contributed by atoms with Crippen molar-refractivity contribution < 1.29 is 9.90 Å². The topological polar surface area (TPSA) is 67.5 Å². The van der Waals surface area contributed by atoms with Gasteiger partial charge in [0.05, 0.1) is 22.8 Å². The van der Waals surface area contributed by atoms with Gasteiger partial charge in [-0.15, -0.1) is 0 Å². The fourth-order valence-electron chi connectivity index (χ4n) is 3.76. The van der Waals surface area contributed by atoms with Crippen LogP contribution < -0.4 is 0 Å². The minimum absolute atomic E-state index is 0.301. The van der Waals surface area contributed by atoms with E-state index in [0.717, 1.165) is 53.0 Å². The molecule has 3 aromatic heterocycles. The molecular formula is C22H26ClN3O2. The van der Waals surface area contributed by atoms with Gasteiger partial charge in [-0.05, 0) is 68.9 Å². The van der Waals surface area contributed by atoms with Gasteiger partial charge in [-0.3, -0.25) is 4.79 Å². The summed E-state index contributed by atoms with van der Waals surface area (Å²) in [5.41, 5.74) is 6.08. The Balaban J connectivity index is 2.07. The number of hydrogen-bond acceptors (Lipinski definition) is 3. The minimum atomic E-state index is -0.719. The molecule has 0 saturated carbocycles. The van der Waals surface area contributed by atoms with E-state index in [1.54, 1.807) is 6.07 Å². The number of carbonyl (C=O) groups is 1. The third-order valence-electron chi connectivity index (χ3n) is 5.33. The van der Waals surface area contributed by atoms with Crippen molar-refractivity contribution in [2.24, 2.45) is 5.92 Å². The molecule has 0 saturated heterocycles. The highest BCUT2D eigenvalue weighted by Gasteiger charge is 2.19. The Morgan fingerprint density at radius 1 is 1.25 bits per heavy atom. The molecule has 28 heavy (non-hydrogen) atoms. The van der Waals surface area contributed by atoms with Gasteiger partial charge in [0, 0.05) is 11.3 Å². The molecule has 0 spiro atoms. The molecule has 3 aromatic rings. The molecule has 148 valence electrons. The van der Waals surface area contributed by atoms with Crippen LogP contribution in [0.1, 0.15) is 50.1 Å². The Hall–Kier alpha value is -2.40. The predicted octanol–water partition coefficient (Wildman–Crippen LogP) is 5.35. The van der Waals surface area contributed by atoms with Crippen molar-refractivity contribution >= 4 is 23.1 Å². The van der Waals surface area contributed by atoms with Gasteiger partial charge in [-0.1, -0.05) is 31.5 Å². The average Bonchev–Trinajstić information content (AvgIpc) is 3.07. The van der Waals surface area contributed by atoms with Crippen LogP contribution in [0.3, 0.4) is 0 Å². The molecule has 0 aliphatic carbocycles. The Morgan fingerprint density at radius 2 is 2.04 bits per heavy atom. The van der Waals surface area contributed by atoms with E-state index in [-0.39, 0.29) is 5.92 Å². The van der Waals surface area contributed by atoms with Crippen molar-refractivity contribution in [2.75, 3.05) is 0 Å². The van der Waals surface area contributed by atoms with Crippen molar-refractivity contribution in [3.8, 4) is 11.3 Å². The van der Waals surface area contributed by atoms with Crippen molar-refractivity contribution in [3.63, 3.8) is 0 Å². The summed E-state index contributed by atoms with van der Waals surface area (Å²) in [6.45, 7) is 6.05. The monoisotopic (exact) mass is 399 g/mol. The lowest BCUT2D eigenvalue weighted by molar-refractivity contribution is -0.142. The number of aromatic nitrogens is 3. The maximum atomic E-state index is 11.3. The summed E-state index contributed by atoms with van der Waals surface area (Å²) in [6, 6.07) is 9.82. The smallest absolute Gasteiger partial charge is 0.306 e. The lowest BCUT2D eigenvalue weighted by Crippen LogP contribution is -2.13. The number of carboxylic acid groups (broad SMARTS) is 1. The molecule has 0 fully saturated rings. The molecule has 1 atom stereocenters. The highest BCUT2D eigenvalue weighted by molar-refractivity contribution is 6.29. The number of fused-ring (bicyclic) bond motifs is 1. The Morgan fingerprint density at radius 3 is 2.68 bits per heavy atom. The number of halogens is 1. The van der Waals surface area contributed by atoms with E-state index in [1.165, 1.54) is 0 Å². The minimum Gasteiger partial charge on any atom is -0.481 e. The lowest BCUT2D eigenvalue weighted by atomic mass is 9.94. The van der Waals surface area contributed by atoms with E-state index in [0.29, 0.717) is 18.0 Å². The first-order chi connectivity index (χ1) is 13.5. The SMILES string of the molecule is CCc1ccc2c(-c3cccc(Cl)n3)c(CCCC(CC)C(=O)O)c(C)nn12. The zero-order valence-corrected chi connectivity index (χ0v) is 17.3. The van der Waals surface area contributed by atoms with Gasteiger partial charge in [-0.2, -0.15) is 5.10 Å². The van der Waals surface area contributed by atoms with Gasteiger partial charge in [-0.25, -0.2) is 9.50 Å². The third-order valence-corrected chi connectivity index (χ3v) is 5.54. The van der Waals surface area contributed by atoms with Crippen molar-refractivity contribution in [1.29, 1.82) is 0 Å². The van der Waals surface area contributed by atoms with E-state index >= 15 is 0 Å². The molecule has 6 heteroatoms. The van der Waals surface area contributed by atoms with Gasteiger partial charge in [0.2, 0.25) is 0 Å². The maximum Gasteiger partial charge on any atom is 0.306 e. The van der Waals surface area contributed by atoms with Crippen molar-refractivity contribution in [2.45, 2.75) is 52.9 Å². The zero-order chi connectivity index (χ0) is 20.3. The van der Waals surface area contributed by atoms with Gasteiger partial charge < -0.3 is 5.11 Å². The van der Waals surface area contributed by atoms with Crippen molar-refractivity contribution in [1.82, 2.24) is 14.6 Å². The van der Waals surface area contributed by atoms with Crippen LogP contribution in [0, 0.1) is 12.8 Å². The van der Waals surface area contributed by atoms with E-state index in [9.17, 15) is 9.90 Å². The first-order valence-electron chi connectivity index (χ1n) is 9.82. The summed E-state index contributed by atoms with van der Waals surface area (Å²) < 4.78 is 1.99. The number of carboxylic acids is 1. The van der Waals surface area contributed by atoms with E-state index in [1.807, 2.05) is 30.5 Å². The first kappa shape index (κ1) is 20.3. The number of hydrogen-bond donors (Lipinski definition) is 1. The summed E-state index contributed by atoms with van der Waals surface area (Å²) in [6.07, 6.45) is 3.74. The van der Waals surface area contributed by atoms with Gasteiger partial charge in [0.1, 0.15) is 5.15 Å². The predicted molar refractivity (Wildman–Crippen MR) is 112 cm³/mol. The van der Waals surface area contributed by atoms with Crippen LogP contribution in [0.4, 0.5) is 0 Å². The van der Waals surface area contributed by atoms with E-state index in [4.69, 9.17) is 16.7 Å². The maximum absolute atomic E-state index is 11.3. The molecule has 0 bridgehead atoms. The summed E-state index contributed by atoms with van der Waals surface area (Å²) in [5, 5.41) is 14.6. The second kappa shape index (κ2) is 8.74. The first-order valence-corrected chi connectivity index (χ1v) is 10.2. The molecule has 1 unspecified atom stereocenters. The second-order valence-electron chi connectivity index (χ2n) is 7.10. The fourth-order valence-corrected chi connectivity index (χ4v) is 3.92. The molecule has 0 aliphatic rings. The van der Waals surface area contributed by atoms with E-state index < -0.39 is 5.97 Å². The van der Waals surface area contributed by atoms with Crippen molar-refractivity contribution in [3.05, 3.63) is 52.4 Å². The van der Waals surface area contributed by atoms with Crippen LogP contribution in [0.5, 0.6) is 0 Å². The van der Waals surface area contributed by atoms with Gasteiger partial charge >= 0.3 is 5.97 Å². The molecule has 3 rings (SSSR count). The summed E-state index contributed by atoms with van der Waals surface area (Å²) >= 11 is 6.17. The third kappa shape index (κ3) is 4.04. The molecular weight excluding hydrogens is 374 g/mol. The normalized spacial score (nSPS) is 12.4. The van der Waals surface area contributed by atoms with E-state index in [2.05, 4.69) is 24.0 Å². The molecule has 0 aliphatic heterocycles. The standard InChI is InChI=1S/C22H26ClN3O2/c1-4-15(22(27)28)8-6-9-17-14(3)25-26-16(5-2)12-13-19(26)21(17)18-10-7-11-20(23)24-18/h7,10-13,15H,4-6,8-9H2,1-3H3,(H,27,28). The Bertz CT molecular complexity index is 997.